The molecule has 0 radical (unpaired) electrons. The van der Waals surface area contributed by atoms with Gasteiger partial charge in [-0.15, -0.1) is 4.91 Å². The van der Waals surface area contributed by atoms with Crippen LogP contribution in [-0.2, 0) is 16.1 Å². The molecule has 6 nitrogen and oxygen atoms in total. The van der Waals surface area contributed by atoms with Gasteiger partial charge in [0.15, 0.2) is 0 Å². The number of hydrogen-bond acceptors (Lipinski definition) is 4. The van der Waals surface area contributed by atoms with Crippen molar-refractivity contribution in [3.05, 3.63) is 40.8 Å². The predicted molar refractivity (Wildman–Crippen MR) is 71.0 cm³/mol. The lowest BCUT2D eigenvalue weighted by Gasteiger charge is -2.29. The fourth-order valence-corrected chi connectivity index (χ4v) is 3.02. The molecule has 2 atom stereocenters. The first-order chi connectivity index (χ1) is 9.72. The van der Waals surface area contributed by atoms with E-state index in [1.807, 2.05) is 30.3 Å². The number of benzene rings is 1. The average Bonchev–Trinajstić information content (AvgIpc) is 2.73. The highest BCUT2D eigenvalue weighted by Gasteiger charge is 2.52. The van der Waals surface area contributed by atoms with Crippen LogP contribution in [0.25, 0.3) is 0 Å². The first-order valence-corrected chi connectivity index (χ1v) is 6.71. The Balaban J connectivity index is 1.84. The largest absolute Gasteiger partial charge is 0.276 e. The van der Waals surface area contributed by atoms with Gasteiger partial charge >= 0.3 is 0 Å². The number of rotatable bonds is 3. The minimum atomic E-state index is -0.697. The standard InChI is InChI=1S/C14H15N3O3/c18-13-11-7-4-8-17(15-20)12(11)14(19)16(13)9-10-5-2-1-3-6-10/h1-3,5-6,11-12H,4,7-9H2. The molecule has 3 rings (SSSR count). The van der Waals surface area contributed by atoms with Crippen molar-refractivity contribution in [3.8, 4) is 0 Å². The normalized spacial score (nSPS) is 25.8. The van der Waals surface area contributed by atoms with E-state index in [1.54, 1.807) is 0 Å². The first-order valence-electron chi connectivity index (χ1n) is 6.71. The molecule has 2 unspecified atom stereocenters. The molecule has 2 amide bonds. The van der Waals surface area contributed by atoms with Crippen molar-refractivity contribution in [1.29, 1.82) is 0 Å². The Bertz CT molecular complexity index is 546. The molecule has 0 saturated carbocycles. The van der Waals surface area contributed by atoms with Gasteiger partial charge in [0.1, 0.15) is 6.04 Å². The highest BCUT2D eigenvalue weighted by Crippen LogP contribution is 2.33. The van der Waals surface area contributed by atoms with E-state index in [-0.39, 0.29) is 18.4 Å². The van der Waals surface area contributed by atoms with Gasteiger partial charge in [0, 0.05) is 6.54 Å². The lowest BCUT2D eigenvalue weighted by atomic mass is 9.92. The minimum absolute atomic E-state index is 0.183. The van der Waals surface area contributed by atoms with Crippen LogP contribution in [0.4, 0.5) is 0 Å². The highest BCUT2D eigenvalue weighted by atomic mass is 16.3. The van der Waals surface area contributed by atoms with Gasteiger partial charge in [-0.05, 0) is 18.4 Å². The van der Waals surface area contributed by atoms with Crippen LogP contribution in [0.3, 0.4) is 0 Å². The van der Waals surface area contributed by atoms with Crippen LogP contribution in [0.1, 0.15) is 18.4 Å². The SMILES string of the molecule is O=NN1CCCC2C(=O)N(Cc3ccccc3)C(=O)C21. The molecule has 2 fully saturated rings. The quantitative estimate of drug-likeness (QED) is 0.615. The Morgan fingerprint density at radius 2 is 1.90 bits per heavy atom. The van der Waals surface area contributed by atoms with Crippen LogP contribution in [0, 0.1) is 10.8 Å². The van der Waals surface area contributed by atoms with Crippen LogP contribution in [0.2, 0.25) is 0 Å². The van der Waals surface area contributed by atoms with Crippen molar-refractivity contribution >= 4 is 11.8 Å². The van der Waals surface area contributed by atoms with Crippen LogP contribution in [0.5, 0.6) is 0 Å². The van der Waals surface area contributed by atoms with E-state index in [0.29, 0.717) is 19.4 Å². The summed E-state index contributed by atoms with van der Waals surface area (Å²) in [6, 6.07) is 8.67. The zero-order valence-electron chi connectivity index (χ0n) is 10.9. The molecule has 1 aromatic rings. The van der Waals surface area contributed by atoms with E-state index < -0.39 is 12.0 Å². The summed E-state index contributed by atoms with van der Waals surface area (Å²) in [6.07, 6.45) is 1.36. The predicted octanol–water partition coefficient (Wildman–Crippen LogP) is 1.32. The third kappa shape index (κ3) is 1.97. The van der Waals surface area contributed by atoms with Crippen molar-refractivity contribution < 1.29 is 9.59 Å². The lowest BCUT2D eigenvalue weighted by molar-refractivity contribution is -0.140. The topological polar surface area (TPSA) is 70.1 Å². The second-order valence-electron chi connectivity index (χ2n) is 5.19. The van der Waals surface area contributed by atoms with E-state index in [1.165, 1.54) is 9.91 Å². The maximum atomic E-state index is 12.4. The summed E-state index contributed by atoms with van der Waals surface area (Å²) in [5, 5.41) is 4.12. The summed E-state index contributed by atoms with van der Waals surface area (Å²) in [5.74, 6) is -0.905. The second kappa shape index (κ2) is 5.03. The summed E-state index contributed by atoms with van der Waals surface area (Å²) >= 11 is 0. The van der Waals surface area contributed by atoms with Gasteiger partial charge in [-0.2, -0.15) is 0 Å². The Kier molecular flexibility index (Phi) is 3.22. The molecule has 0 N–H and O–H groups in total. The molecule has 104 valence electrons. The summed E-state index contributed by atoms with van der Waals surface area (Å²) in [5.41, 5.74) is 0.901. The Hall–Kier alpha value is -2.24. The Morgan fingerprint density at radius 1 is 1.15 bits per heavy atom. The van der Waals surface area contributed by atoms with Crippen molar-refractivity contribution in [1.82, 2.24) is 9.91 Å². The van der Waals surface area contributed by atoms with Crippen LogP contribution in [-0.4, -0.2) is 34.3 Å². The Labute approximate surface area is 116 Å². The summed E-state index contributed by atoms with van der Waals surface area (Å²) < 4.78 is 0. The van der Waals surface area contributed by atoms with Gasteiger partial charge in [-0.25, -0.2) is 5.01 Å². The molecule has 0 aliphatic carbocycles. The summed E-state index contributed by atoms with van der Waals surface area (Å²) in [6.45, 7) is 0.709. The lowest BCUT2D eigenvalue weighted by Crippen LogP contribution is -2.44. The van der Waals surface area contributed by atoms with Crippen LogP contribution < -0.4 is 0 Å². The minimum Gasteiger partial charge on any atom is -0.276 e. The number of imide groups is 1. The zero-order chi connectivity index (χ0) is 14.1. The maximum absolute atomic E-state index is 12.4. The molecule has 2 aliphatic heterocycles. The van der Waals surface area contributed by atoms with Crippen molar-refractivity contribution in [2.45, 2.75) is 25.4 Å². The third-order valence-electron chi connectivity index (χ3n) is 4.00. The van der Waals surface area contributed by atoms with Crippen molar-refractivity contribution in [3.63, 3.8) is 0 Å². The molecule has 20 heavy (non-hydrogen) atoms. The summed E-state index contributed by atoms with van der Waals surface area (Å²) in [7, 11) is 0. The fraction of sp³-hybridized carbons (Fsp3) is 0.429. The van der Waals surface area contributed by atoms with Gasteiger partial charge < -0.3 is 0 Å². The smallest absolute Gasteiger partial charge is 0.254 e. The zero-order valence-corrected chi connectivity index (χ0v) is 10.9. The molecular formula is C14H15N3O3. The number of nitroso groups, excluding NO2 is 1. The maximum Gasteiger partial charge on any atom is 0.254 e. The van der Waals surface area contributed by atoms with E-state index in [2.05, 4.69) is 5.29 Å². The molecule has 2 aliphatic rings. The van der Waals surface area contributed by atoms with Crippen LogP contribution >= 0.6 is 0 Å². The number of fused-ring (bicyclic) bond motifs is 1. The molecular weight excluding hydrogens is 258 g/mol. The molecule has 0 spiro atoms. The number of carbonyl (C=O) groups excluding carboxylic acids is 2. The van der Waals surface area contributed by atoms with Gasteiger partial charge in [0.25, 0.3) is 5.91 Å². The van der Waals surface area contributed by atoms with Crippen LogP contribution in [0.15, 0.2) is 35.6 Å². The van der Waals surface area contributed by atoms with E-state index in [9.17, 15) is 14.5 Å². The van der Waals surface area contributed by atoms with E-state index in [4.69, 9.17) is 0 Å². The second-order valence-corrected chi connectivity index (χ2v) is 5.19. The number of amides is 2. The number of nitrogens with zero attached hydrogens (tertiary/aromatic N) is 3. The van der Waals surface area contributed by atoms with E-state index in [0.717, 1.165) is 5.56 Å². The van der Waals surface area contributed by atoms with Gasteiger partial charge in [-0.1, -0.05) is 30.3 Å². The monoisotopic (exact) mass is 273 g/mol. The number of likely N-dealkylation sites (tertiary alicyclic amines) is 1. The fourth-order valence-electron chi connectivity index (χ4n) is 3.02. The first kappa shape index (κ1) is 12.8. The number of carbonyl (C=O) groups is 2. The molecule has 0 bridgehead atoms. The average molecular weight is 273 g/mol. The molecule has 6 heteroatoms. The van der Waals surface area contributed by atoms with E-state index >= 15 is 0 Å². The number of hydrogen-bond donors (Lipinski definition) is 0. The Morgan fingerprint density at radius 3 is 2.60 bits per heavy atom. The summed E-state index contributed by atoms with van der Waals surface area (Å²) in [4.78, 5) is 36.8. The van der Waals surface area contributed by atoms with Gasteiger partial charge in [0.2, 0.25) is 5.91 Å². The third-order valence-corrected chi connectivity index (χ3v) is 4.00. The highest BCUT2D eigenvalue weighted by molar-refractivity contribution is 6.07. The molecule has 0 aromatic heterocycles. The molecule has 2 heterocycles. The van der Waals surface area contributed by atoms with Gasteiger partial charge in [-0.3, -0.25) is 14.5 Å². The molecule has 2 saturated heterocycles. The van der Waals surface area contributed by atoms with Gasteiger partial charge in [0.05, 0.1) is 17.7 Å². The molecule has 1 aromatic carbocycles. The van der Waals surface area contributed by atoms with Crippen molar-refractivity contribution in [2.24, 2.45) is 11.2 Å². The number of piperidine rings is 1. The van der Waals surface area contributed by atoms with Crippen molar-refractivity contribution in [2.75, 3.05) is 6.54 Å².